The summed E-state index contributed by atoms with van der Waals surface area (Å²) in [6.45, 7) is 6.57. The Bertz CT molecular complexity index is 1270. The van der Waals surface area contributed by atoms with Crippen molar-refractivity contribution in [1.82, 2.24) is 0 Å². The number of benzene rings is 3. The number of para-hydroxylation sites is 2. The molecule has 0 bridgehead atoms. The zero-order chi connectivity index (χ0) is 24.0. The minimum atomic E-state index is -0.670. The number of carbonyl (C=O) groups excluding carboxylic acids is 1. The van der Waals surface area contributed by atoms with E-state index in [9.17, 15) is 4.79 Å². The fourth-order valence-corrected chi connectivity index (χ4v) is 5.26. The lowest BCUT2D eigenvalue weighted by atomic mass is 9.77. The summed E-state index contributed by atoms with van der Waals surface area (Å²) in [6.07, 6.45) is 1.03. The number of ketones is 1. The average Bonchev–Trinajstić information content (AvgIpc) is 2.95. The Kier molecular flexibility index (Phi) is 5.73. The van der Waals surface area contributed by atoms with E-state index < -0.39 is 11.9 Å². The van der Waals surface area contributed by atoms with Crippen LogP contribution in [0.4, 0.5) is 15.8 Å². The van der Waals surface area contributed by atoms with E-state index in [0.29, 0.717) is 29.0 Å². The van der Waals surface area contributed by atoms with E-state index in [1.54, 1.807) is 12.1 Å². The van der Waals surface area contributed by atoms with Crippen LogP contribution in [0.5, 0.6) is 0 Å². The second-order valence-electron chi connectivity index (χ2n) is 10.2. The van der Waals surface area contributed by atoms with Gasteiger partial charge in [-0.1, -0.05) is 74.8 Å². The summed E-state index contributed by atoms with van der Waals surface area (Å²) in [7, 11) is 0. The highest BCUT2D eigenvalue weighted by atomic mass is 35.5. The molecule has 1 aliphatic heterocycles. The van der Waals surface area contributed by atoms with Crippen molar-refractivity contribution in [3.8, 4) is 0 Å². The van der Waals surface area contributed by atoms with Crippen molar-refractivity contribution in [3.05, 3.63) is 106 Å². The molecule has 0 fully saturated rings. The SMILES string of the molecule is CC(C)(C)c1ccc(C2CC(=O)C3=C(C2)Nc2ccccc2NC3c2c(F)cccc2Cl)cc1. The standard InChI is InChI=1S/C29H28ClFN2O/c1-29(2,3)19-13-11-17(12-14-19)18-15-24-27(25(34)16-18)28(26-20(30)7-6-8-21(26)31)33-23-10-5-4-9-22(23)32-24/h4-14,18,28,32-33H,15-16H2,1-3H3. The molecule has 0 saturated heterocycles. The quantitative estimate of drug-likeness (QED) is 0.398. The van der Waals surface area contributed by atoms with Crippen LogP contribution in [-0.4, -0.2) is 5.78 Å². The molecule has 1 aliphatic carbocycles. The Morgan fingerprint density at radius 1 is 0.912 bits per heavy atom. The Balaban J connectivity index is 1.59. The Hall–Kier alpha value is -3.11. The maximum atomic E-state index is 15.0. The van der Waals surface area contributed by atoms with E-state index in [1.807, 2.05) is 24.3 Å². The maximum absolute atomic E-state index is 15.0. The predicted octanol–water partition coefficient (Wildman–Crippen LogP) is 7.76. The summed E-state index contributed by atoms with van der Waals surface area (Å²) in [5, 5.41) is 7.20. The van der Waals surface area contributed by atoms with Gasteiger partial charge in [-0.15, -0.1) is 0 Å². The lowest BCUT2D eigenvalue weighted by molar-refractivity contribution is -0.116. The monoisotopic (exact) mass is 474 g/mol. The molecule has 5 heteroatoms. The van der Waals surface area contributed by atoms with E-state index in [1.165, 1.54) is 11.6 Å². The first-order valence-electron chi connectivity index (χ1n) is 11.7. The van der Waals surface area contributed by atoms with Crippen molar-refractivity contribution in [2.45, 2.75) is 51.0 Å². The first-order chi connectivity index (χ1) is 16.2. The molecule has 2 N–H and O–H groups in total. The van der Waals surface area contributed by atoms with Crippen LogP contribution in [0.15, 0.2) is 78.0 Å². The number of Topliss-reactive ketones (excluding diaryl/α,β-unsaturated/α-hetero) is 1. The third kappa shape index (κ3) is 4.12. The van der Waals surface area contributed by atoms with Gasteiger partial charge in [0.2, 0.25) is 0 Å². The van der Waals surface area contributed by atoms with E-state index in [0.717, 1.165) is 22.6 Å². The molecule has 0 radical (unpaired) electrons. The summed E-state index contributed by atoms with van der Waals surface area (Å²) in [5.74, 6) is -0.373. The van der Waals surface area contributed by atoms with Gasteiger partial charge in [-0.05, 0) is 53.1 Å². The van der Waals surface area contributed by atoms with E-state index in [4.69, 9.17) is 11.6 Å². The first-order valence-corrected chi connectivity index (χ1v) is 12.0. The average molecular weight is 475 g/mol. The van der Waals surface area contributed by atoms with Crippen molar-refractivity contribution in [2.75, 3.05) is 10.6 Å². The fourth-order valence-electron chi connectivity index (χ4n) is 4.99. The van der Waals surface area contributed by atoms with Crippen molar-refractivity contribution in [3.63, 3.8) is 0 Å². The van der Waals surface area contributed by atoms with Crippen LogP contribution in [0.1, 0.15) is 62.3 Å². The number of hydrogen-bond acceptors (Lipinski definition) is 3. The van der Waals surface area contributed by atoms with Gasteiger partial charge in [0, 0.05) is 28.3 Å². The predicted molar refractivity (Wildman–Crippen MR) is 137 cm³/mol. The van der Waals surface area contributed by atoms with E-state index in [2.05, 4.69) is 55.7 Å². The van der Waals surface area contributed by atoms with Crippen LogP contribution in [-0.2, 0) is 10.2 Å². The highest BCUT2D eigenvalue weighted by Crippen LogP contribution is 2.46. The molecule has 1 heterocycles. The second kappa shape index (κ2) is 8.59. The van der Waals surface area contributed by atoms with Crippen molar-refractivity contribution >= 4 is 28.8 Å². The van der Waals surface area contributed by atoms with Gasteiger partial charge in [-0.3, -0.25) is 4.79 Å². The number of carbonyl (C=O) groups is 1. The summed E-state index contributed by atoms with van der Waals surface area (Å²) in [5.41, 5.74) is 5.83. The van der Waals surface area contributed by atoms with Crippen LogP contribution in [0.25, 0.3) is 0 Å². The number of fused-ring (bicyclic) bond motifs is 1. The molecular weight excluding hydrogens is 447 g/mol. The Morgan fingerprint density at radius 2 is 1.62 bits per heavy atom. The molecule has 5 rings (SSSR count). The van der Waals surface area contributed by atoms with Crippen molar-refractivity contribution in [2.24, 2.45) is 0 Å². The van der Waals surface area contributed by atoms with Gasteiger partial charge in [0.15, 0.2) is 5.78 Å². The second-order valence-corrected chi connectivity index (χ2v) is 10.6. The number of hydrogen-bond donors (Lipinski definition) is 2. The third-order valence-electron chi connectivity index (χ3n) is 6.85. The van der Waals surface area contributed by atoms with E-state index >= 15 is 4.39 Å². The van der Waals surface area contributed by atoms with Gasteiger partial charge in [-0.25, -0.2) is 4.39 Å². The summed E-state index contributed by atoms with van der Waals surface area (Å²) in [4.78, 5) is 13.6. The Morgan fingerprint density at radius 3 is 2.29 bits per heavy atom. The molecule has 34 heavy (non-hydrogen) atoms. The third-order valence-corrected chi connectivity index (χ3v) is 7.18. The molecule has 0 spiro atoms. The topological polar surface area (TPSA) is 41.1 Å². The van der Waals surface area contributed by atoms with Gasteiger partial charge < -0.3 is 10.6 Å². The number of anilines is 2. The van der Waals surface area contributed by atoms with Crippen LogP contribution in [0.3, 0.4) is 0 Å². The summed E-state index contributed by atoms with van der Waals surface area (Å²) in [6, 6.07) is 20.3. The molecule has 3 aromatic carbocycles. The van der Waals surface area contributed by atoms with E-state index in [-0.39, 0.29) is 17.1 Å². The maximum Gasteiger partial charge on any atom is 0.163 e. The fraction of sp³-hybridized carbons (Fsp3) is 0.276. The molecular formula is C29H28ClFN2O. The minimum absolute atomic E-state index is 0.00303. The highest BCUT2D eigenvalue weighted by molar-refractivity contribution is 6.31. The van der Waals surface area contributed by atoms with Crippen molar-refractivity contribution in [1.29, 1.82) is 0 Å². The van der Waals surface area contributed by atoms with Gasteiger partial charge >= 0.3 is 0 Å². The molecule has 3 aromatic rings. The molecule has 0 aromatic heterocycles. The first kappa shape index (κ1) is 22.7. The smallest absolute Gasteiger partial charge is 0.163 e. The largest absolute Gasteiger partial charge is 0.372 e. The molecule has 3 nitrogen and oxygen atoms in total. The number of rotatable bonds is 2. The normalized spacial score (nSPS) is 20.1. The van der Waals surface area contributed by atoms with Crippen LogP contribution in [0.2, 0.25) is 5.02 Å². The lowest BCUT2D eigenvalue weighted by Crippen LogP contribution is -2.27. The minimum Gasteiger partial charge on any atom is -0.372 e. The molecule has 2 unspecified atom stereocenters. The molecule has 2 atom stereocenters. The molecule has 0 saturated carbocycles. The van der Waals surface area contributed by atoms with Gasteiger partial charge in [0.05, 0.1) is 17.4 Å². The molecule has 2 aliphatic rings. The zero-order valence-corrected chi connectivity index (χ0v) is 20.3. The lowest BCUT2D eigenvalue weighted by Gasteiger charge is -2.30. The highest BCUT2D eigenvalue weighted by Gasteiger charge is 2.37. The number of nitrogens with one attached hydrogen (secondary N) is 2. The molecule has 174 valence electrons. The summed E-state index contributed by atoms with van der Waals surface area (Å²) < 4.78 is 15.0. The Labute approximate surface area is 205 Å². The van der Waals surface area contributed by atoms with Crippen molar-refractivity contribution < 1.29 is 9.18 Å². The molecule has 0 amide bonds. The van der Waals surface area contributed by atoms with Crippen LogP contribution in [0, 0.1) is 5.82 Å². The number of halogens is 2. The van der Waals surface area contributed by atoms with Crippen LogP contribution < -0.4 is 10.6 Å². The summed E-state index contributed by atoms with van der Waals surface area (Å²) >= 11 is 6.46. The van der Waals surface area contributed by atoms with Gasteiger partial charge in [-0.2, -0.15) is 0 Å². The number of allylic oxidation sites excluding steroid dienone is 1. The van der Waals surface area contributed by atoms with Gasteiger partial charge in [0.25, 0.3) is 0 Å². The van der Waals surface area contributed by atoms with Crippen LogP contribution >= 0.6 is 11.6 Å². The zero-order valence-electron chi connectivity index (χ0n) is 19.6. The van der Waals surface area contributed by atoms with Gasteiger partial charge in [0.1, 0.15) is 5.82 Å².